The molecule has 0 radical (unpaired) electrons. The maximum atomic E-state index is 5.60. The Morgan fingerprint density at radius 1 is 1.40 bits per heavy atom. The highest BCUT2D eigenvalue weighted by molar-refractivity contribution is 9.10. The van der Waals surface area contributed by atoms with Gasteiger partial charge in [-0.1, -0.05) is 35.7 Å². The van der Waals surface area contributed by atoms with E-state index in [1.807, 2.05) is 19.1 Å². The van der Waals surface area contributed by atoms with Gasteiger partial charge in [0, 0.05) is 4.47 Å². The molecule has 0 N–H and O–H groups in total. The summed E-state index contributed by atoms with van der Waals surface area (Å²) in [5, 5.41) is 0. The summed E-state index contributed by atoms with van der Waals surface area (Å²) in [5.41, 5.74) is 1.21. The molecule has 80 valence electrons. The highest BCUT2D eigenvalue weighted by Crippen LogP contribution is 2.29. The quantitative estimate of drug-likeness (QED) is 0.753. The van der Waals surface area contributed by atoms with E-state index in [-0.39, 0.29) is 0 Å². The van der Waals surface area contributed by atoms with Gasteiger partial charge in [0.05, 0.1) is 0 Å². The second-order valence-electron chi connectivity index (χ2n) is 3.55. The van der Waals surface area contributed by atoms with Crippen LogP contribution in [0, 0.1) is 11.8 Å². The van der Waals surface area contributed by atoms with Crippen LogP contribution >= 0.6 is 15.9 Å². The number of hydrogen-bond donors (Lipinski definition) is 0. The second-order valence-corrected chi connectivity index (χ2v) is 4.47. The molecule has 1 aromatic rings. The first-order chi connectivity index (χ1) is 7.15. The first-order valence-corrected chi connectivity index (χ1v) is 5.76. The van der Waals surface area contributed by atoms with Crippen molar-refractivity contribution < 1.29 is 4.74 Å². The van der Waals surface area contributed by atoms with Gasteiger partial charge in [-0.15, -0.1) is 5.92 Å². The van der Waals surface area contributed by atoms with E-state index in [4.69, 9.17) is 4.74 Å². The molecule has 0 aliphatic heterocycles. The minimum atomic E-state index is 0.451. The Balaban J connectivity index is 2.89. The van der Waals surface area contributed by atoms with Crippen LogP contribution in [0.3, 0.4) is 0 Å². The summed E-state index contributed by atoms with van der Waals surface area (Å²) in [6.07, 6.45) is 0. The van der Waals surface area contributed by atoms with Crippen LogP contribution in [-0.4, -0.2) is 6.61 Å². The fourth-order valence-electron chi connectivity index (χ4n) is 1.29. The average Bonchev–Trinajstić information content (AvgIpc) is 2.20. The highest BCUT2D eigenvalue weighted by Gasteiger charge is 2.07. The molecule has 0 aromatic heterocycles. The minimum absolute atomic E-state index is 0.451. The summed E-state index contributed by atoms with van der Waals surface area (Å²) < 4.78 is 6.68. The molecule has 0 aliphatic carbocycles. The molecule has 0 saturated heterocycles. The predicted molar refractivity (Wildman–Crippen MR) is 67.2 cm³/mol. The third-order valence-electron chi connectivity index (χ3n) is 2.07. The maximum absolute atomic E-state index is 5.60. The lowest BCUT2D eigenvalue weighted by Crippen LogP contribution is -1.99. The first-order valence-electron chi connectivity index (χ1n) is 4.97. The van der Waals surface area contributed by atoms with Crippen molar-refractivity contribution in [3.63, 3.8) is 0 Å². The Morgan fingerprint density at radius 3 is 2.73 bits per heavy atom. The smallest absolute Gasteiger partial charge is 0.149 e. The third kappa shape index (κ3) is 3.60. The average molecular weight is 267 g/mol. The normalized spacial score (nSPS) is 9.67. The summed E-state index contributed by atoms with van der Waals surface area (Å²) in [6, 6.07) is 6.07. The van der Waals surface area contributed by atoms with Gasteiger partial charge in [-0.2, -0.15) is 0 Å². The van der Waals surface area contributed by atoms with Crippen molar-refractivity contribution in [3.05, 3.63) is 28.2 Å². The molecule has 0 amide bonds. The Labute approximate surface area is 100.0 Å². The van der Waals surface area contributed by atoms with Gasteiger partial charge in [-0.3, -0.25) is 0 Å². The molecular formula is C13H15BrO. The van der Waals surface area contributed by atoms with E-state index in [9.17, 15) is 0 Å². The second kappa shape index (κ2) is 5.82. The van der Waals surface area contributed by atoms with Gasteiger partial charge in [-0.05, 0) is 36.6 Å². The molecule has 0 aliphatic rings. The Bertz CT molecular complexity index is 385. The molecule has 0 heterocycles. The maximum Gasteiger partial charge on any atom is 0.149 e. The van der Waals surface area contributed by atoms with Crippen molar-refractivity contribution in [3.8, 4) is 17.6 Å². The van der Waals surface area contributed by atoms with Gasteiger partial charge in [0.25, 0.3) is 0 Å². The molecule has 0 unspecified atom stereocenters. The van der Waals surface area contributed by atoms with Crippen LogP contribution in [0.2, 0.25) is 0 Å². The number of halogens is 1. The lowest BCUT2D eigenvalue weighted by atomic mass is 10.0. The Morgan fingerprint density at radius 2 is 2.13 bits per heavy atom. The zero-order valence-electron chi connectivity index (χ0n) is 9.30. The van der Waals surface area contributed by atoms with Crippen molar-refractivity contribution in [2.75, 3.05) is 6.61 Å². The van der Waals surface area contributed by atoms with Gasteiger partial charge in [0.2, 0.25) is 0 Å². The fourth-order valence-corrected chi connectivity index (χ4v) is 1.67. The Hall–Kier alpha value is -0.940. The summed E-state index contributed by atoms with van der Waals surface area (Å²) in [7, 11) is 0. The van der Waals surface area contributed by atoms with Crippen molar-refractivity contribution in [2.24, 2.45) is 0 Å². The monoisotopic (exact) mass is 266 g/mol. The van der Waals surface area contributed by atoms with Crippen LogP contribution in [0.25, 0.3) is 0 Å². The van der Waals surface area contributed by atoms with E-state index in [2.05, 4.69) is 47.7 Å². The fraction of sp³-hybridized carbons (Fsp3) is 0.385. The van der Waals surface area contributed by atoms with Crippen LogP contribution < -0.4 is 4.74 Å². The number of benzene rings is 1. The SMILES string of the molecule is CC#CCOc1ccc(Br)cc1C(C)C. The largest absolute Gasteiger partial charge is 0.481 e. The van der Waals surface area contributed by atoms with Crippen molar-refractivity contribution >= 4 is 15.9 Å². The number of rotatable bonds is 3. The molecule has 1 aromatic carbocycles. The van der Waals surface area contributed by atoms with Gasteiger partial charge in [0.1, 0.15) is 12.4 Å². The molecule has 1 nitrogen and oxygen atoms in total. The van der Waals surface area contributed by atoms with Gasteiger partial charge in [0.15, 0.2) is 0 Å². The van der Waals surface area contributed by atoms with E-state index >= 15 is 0 Å². The van der Waals surface area contributed by atoms with Gasteiger partial charge >= 0.3 is 0 Å². The van der Waals surface area contributed by atoms with Gasteiger partial charge in [-0.25, -0.2) is 0 Å². The molecule has 1 rings (SSSR count). The third-order valence-corrected chi connectivity index (χ3v) is 2.56. The highest BCUT2D eigenvalue weighted by atomic mass is 79.9. The van der Waals surface area contributed by atoms with Crippen molar-refractivity contribution in [1.29, 1.82) is 0 Å². The summed E-state index contributed by atoms with van der Waals surface area (Å²) >= 11 is 3.46. The zero-order valence-corrected chi connectivity index (χ0v) is 10.9. The molecule has 2 heteroatoms. The Kier molecular flexibility index (Phi) is 4.71. The first kappa shape index (κ1) is 12.1. The standard InChI is InChI=1S/C13H15BrO/c1-4-5-8-15-13-7-6-11(14)9-12(13)10(2)3/h6-7,9-10H,8H2,1-3H3. The van der Waals surface area contributed by atoms with Crippen molar-refractivity contribution in [2.45, 2.75) is 26.7 Å². The van der Waals surface area contributed by atoms with Crippen LogP contribution in [0.5, 0.6) is 5.75 Å². The van der Waals surface area contributed by atoms with E-state index in [0.717, 1.165) is 10.2 Å². The van der Waals surface area contributed by atoms with Crippen LogP contribution in [-0.2, 0) is 0 Å². The van der Waals surface area contributed by atoms with Crippen LogP contribution in [0.4, 0.5) is 0 Å². The molecule has 0 spiro atoms. The van der Waals surface area contributed by atoms with Crippen LogP contribution in [0.1, 0.15) is 32.3 Å². The summed E-state index contributed by atoms with van der Waals surface area (Å²) in [5.74, 6) is 7.09. The lowest BCUT2D eigenvalue weighted by molar-refractivity contribution is 0.364. The van der Waals surface area contributed by atoms with E-state index in [0.29, 0.717) is 12.5 Å². The van der Waals surface area contributed by atoms with Gasteiger partial charge < -0.3 is 4.74 Å². The molecular weight excluding hydrogens is 252 g/mol. The minimum Gasteiger partial charge on any atom is -0.481 e. The molecule has 0 saturated carbocycles. The predicted octanol–water partition coefficient (Wildman–Crippen LogP) is 3.97. The van der Waals surface area contributed by atoms with E-state index < -0.39 is 0 Å². The molecule has 0 atom stereocenters. The number of hydrogen-bond acceptors (Lipinski definition) is 1. The topological polar surface area (TPSA) is 9.23 Å². The summed E-state index contributed by atoms with van der Waals surface area (Å²) in [6.45, 7) is 6.58. The van der Waals surface area contributed by atoms with E-state index in [1.165, 1.54) is 5.56 Å². The zero-order chi connectivity index (χ0) is 11.3. The lowest BCUT2D eigenvalue weighted by Gasteiger charge is -2.12. The molecule has 0 bridgehead atoms. The van der Waals surface area contributed by atoms with Crippen LogP contribution in [0.15, 0.2) is 22.7 Å². The molecule has 15 heavy (non-hydrogen) atoms. The summed E-state index contributed by atoms with van der Waals surface area (Å²) in [4.78, 5) is 0. The number of ether oxygens (including phenoxy) is 1. The molecule has 0 fully saturated rings. The van der Waals surface area contributed by atoms with Crippen molar-refractivity contribution in [1.82, 2.24) is 0 Å². The van der Waals surface area contributed by atoms with E-state index in [1.54, 1.807) is 0 Å².